The van der Waals surface area contributed by atoms with Gasteiger partial charge in [0.25, 0.3) is 5.56 Å². The Hall–Kier alpha value is -1.23. The van der Waals surface area contributed by atoms with E-state index in [4.69, 9.17) is 0 Å². The number of fused-ring (bicyclic) bond motifs is 1. The second kappa shape index (κ2) is 2.13. The summed E-state index contributed by atoms with van der Waals surface area (Å²) in [5.74, 6) is 0. The predicted octanol–water partition coefficient (Wildman–Crippen LogP) is 0.688. The number of aryl methyl sites for hydroxylation is 1. The van der Waals surface area contributed by atoms with Crippen molar-refractivity contribution >= 4 is 21.6 Å². The van der Waals surface area contributed by atoms with Crippen LogP contribution in [0.4, 0.5) is 0 Å². The van der Waals surface area contributed by atoms with E-state index in [9.17, 15) is 4.79 Å². The molecule has 11 heavy (non-hydrogen) atoms. The van der Waals surface area contributed by atoms with Gasteiger partial charge in [-0.3, -0.25) is 4.79 Å². The van der Waals surface area contributed by atoms with Crippen LogP contribution in [0, 0.1) is 6.92 Å². The van der Waals surface area contributed by atoms with Gasteiger partial charge in [-0.15, -0.1) is 11.3 Å². The van der Waals surface area contributed by atoms with E-state index in [0.717, 1.165) is 5.01 Å². The molecule has 1 N–H and O–H groups in total. The van der Waals surface area contributed by atoms with Crippen LogP contribution in [0.5, 0.6) is 0 Å². The summed E-state index contributed by atoms with van der Waals surface area (Å²) in [6.07, 6.45) is 1.56. The Morgan fingerprint density at radius 1 is 1.64 bits per heavy atom. The summed E-state index contributed by atoms with van der Waals surface area (Å²) in [7, 11) is 0. The van der Waals surface area contributed by atoms with Crippen molar-refractivity contribution in [3.05, 3.63) is 21.6 Å². The molecule has 0 unspecified atom stereocenters. The highest BCUT2D eigenvalue weighted by molar-refractivity contribution is 7.18. The highest BCUT2D eigenvalue weighted by Crippen LogP contribution is 2.14. The Balaban J connectivity index is 3.02. The number of hydrogen-bond donors (Lipinski definition) is 1. The molecule has 0 atom stereocenters. The molecule has 0 aliphatic carbocycles. The first-order chi connectivity index (χ1) is 5.27. The van der Waals surface area contributed by atoms with Crippen LogP contribution in [0.1, 0.15) is 5.01 Å². The lowest BCUT2D eigenvalue weighted by Gasteiger charge is -1.80. The molecule has 0 aliphatic heterocycles. The van der Waals surface area contributed by atoms with E-state index < -0.39 is 0 Å². The first-order valence-corrected chi connectivity index (χ1v) is 3.90. The molecule has 0 amide bonds. The Bertz CT molecular complexity index is 444. The SMILES string of the molecule is Cc1nc2cn[nH]c(=O)c2s1. The molecule has 0 saturated carbocycles. The number of rotatable bonds is 0. The van der Waals surface area contributed by atoms with Crippen LogP contribution in [0.2, 0.25) is 0 Å². The summed E-state index contributed by atoms with van der Waals surface area (Å²) >= 11 is 1.38. The molecule has 0 aromatic carbocycles. The van der Waals surface area contributed by atoms with Gasteiger partial charge in [-0.25, -0.2) is 10.1 Å². The molecule has 2 rings (SSSR count). The van der Waals surface area contributed by atoms with E-state index >= 15 is 0 Å². The fraction of sp³-hybridized carbons (Fsp3) is 0.167. The third kappa shape index (κ3) is 0.932. The second-order valence-corrected chi connectivity index (χ2v) is 3.35. The van der Waals surface area contributed by atoms with Gasteiger partial charge in [0.2, 0.25) is 0 Å². The maximum atomic E-state index is 11.0. The highest BCUT2D eigenvalue weighted by Gasteiger charge is 2.02. The minimum Gasteiger partial charge on any atom is -0.266 e. The molecule has 56 valence electrons. The first-order valence-electron chi connectivity index (χ1n) is 3.08. The van der Waals surface area contributed by atoms with Crippen molar-refractivity contribution in [2.24, 2.45) is 0 Å². The van der Waals surface area contributed by atoms with Crippen molar-refractivity contribution in [1.29, 1.82) is 0 Å². The Kier molecular flexibility index (Phi) is 1.25. The topological polar surface area (TPSA) is 58.6 Å². The number of nitrogens with zero attached hydrogens (tertiary/aromatic N) is 2. The normalized spacial score (nSPS) is 10.6. The van der Waals surface area contributed by atoms with Crippen molar-refractivity contribution < 1.29 is 0 Å². The number of hydrogen-bond acceptors (Lipinski definition) is 4. The van der Waals surface area contributed by atoms with Crippen LogP contribution in [0.25, 0.3) is 10.2 Å². The fourth-order valence-electron chi connectivity index (χ4n) is 0.896. The van der Waals surface area contributed by atoms with Gasteiger partial charge in [-0.05, 0) is 6.92 Å². The minimum atomic E-state index is -0.159. The summed E-state index contributed by atoms with van der Waals surface area (Å²) in [5.41, 5.74) is 0.518. The summed E-state index contributed by atoms with van der Waals surface area (Å²) in [5, 5.41) is 6.87. The van der Waals surface area contributed by atoms with Crippen LogP contribution in [0.15, 0.2) is 11.0 Å². The minimum absolute atomic E-state index is 0.159. The van der Waals surface area contributed by atoms with Crippen molar-refractivity contribution in [3.8, 4) is 0 Å². The van der Waals surface area contributed by atoms with Crippen molar-refractivity contribution in [2.45, 2.75) is 6.92 Å². The molecule has 5 heteroatoms. The van der Waals surface area contributed by atoms with Crippen LogP contribution >= 0.6 is 11.3 Å². The lowest BCUT2D eigenvalue weighted by Crippen LogP contribution is -2.04. The average Bonchev–Trinajstić information content (AvgIpc) is 2.31. The van der Waals surface area contributed by atoms with Crippen LogP contribution < -0.4 is 5.56 Å². The maximum absolute atomic E-state index is 11.0. The van der Waals surface area contributed by atoms with E-state index in [1.807, 2.05) is 6.92 Å². The van der Waals surface area contributed by atoms with E-state index in [1.54, 1.807) is 6.20 Å². The van der Waals surface area contributed by atoms with Crippen molar-refractivity contribution in [1.82, 2.24) is 15.2 Å². The molecule has 0 saturated heterocycles. The quantitative estimate of drug-likeness (QED) is 0.628. The van der Waals surface area contributed by atoms with Gasteiger partial charge in [-0.1, -0.05) is 0 Å². The number of aromatic nitrogens is 3. The zero-order valence-electron chi connectivity index (χ0n) is 5.79. The number of thiazole rings is 1. The first kappa shape index (κ1) is 6.48. The van der Waals surface area contributed by atoms with Gasteiger partial charge in [-0.2, -0.15) is 5.10 Å². The second-order valence-electron chi connectivity index (χ2n) is 2.15. The largest absolute Gasteiger partial charge is 0.283 e. The molecule has 4 nitrogen and oxygen atoms in total. The summed E-state index contributed by atoms with van der Waals surface area (Å²) in [6.45, 7) is 1.87. The molecule has 2 aromatic rings. The zero-order chi connectivity index (χ0) is 7.84. The molecule has 2 aromatic heterocycles. The number of nitrogens with one attached hydrogen (secondary N) is 1. The van der Waals surface area contributed by atoms with Crippen LogP contribution in [0.3, 0.4) is 0 Å². The molecular weight excluding hydrogens is 162 g/mol. The van der Waals surface area contributed by atoms with Crippen molar-refractivity contribution in [2.75, 3.05) is 0 Å². The average molecular weight is 167 g/mol. The molecular formula is C6H5N3OS. The molecule has 0 fully saturated rings. The smallest absolute Gasteiger partial charge is 0.266 e. The predicted molar refractivity (Wildman–Crippen MR) is 42.8 cm³/mol. The van der Waals surface area contributed by atoms with Gasteiger partial charge in [0.1, 0.15) is 10.2 Å². The molecule has 0 spiro atoms. The molecule has 2 heterocycles. The summed E-state index contributed by atoms with van der Waals surface area (Å²) in [6, 6.07) is 0. The third-order valence-corrected chi connectivity index (χ3v) is 2.30. The Morgan fingerprint density at radius 3 is 3.18 bits per heavy atom. The number of aromatic amines is 1. The van der Waals surface area contributed by atoms with E-state index in [2.05, 4.69) is 15.2 Å². The van der Waals surface area contributed by atoms with Gasteiger partial charge in [0, 0.05) is 0 Å². The van der Waals surface area contributed by atoms with Gasteiger partial charge >= 0.3 is 0 Å². The van der Waals surface area contributed by atoms with Gasteiger partial charge < -0.3 is 0 Å². The Labute approximate surface area is 65.9 Å². The van der Waals surface area contributed by atoms with Crippen molar-refractivity contribution in [3.63, 3.8) is 0 Å². The third-order valence-electron chi connectivity index (χ3n) is 1.32. The lowest BCUT2D eigenvalue weighted by atomic mass is 10.5. The monoisotopic (exact) mass is 167 g/mol. The van der Waals surface area contributed by atoms with E-state index in [1.165, 1.54) is 11.3 Å². The van der Waals surface area contributed by atoms with E-state index in [-0.39, 0.29) is 5.56 Å². The number of H-pyrrole nitrogens is 1. The fourth-order valence-corrected chi connectivity index (χ4v) is 1.68. The standard InChI is InChI=1S/C6H5N3OS/c1-3-8-4-2-7-9-6(10)5(4)11-3/h2H,1H3,(H,9,10). The Morgan fingerprint density at radius 2 is 2.45 bits per heavy atom. The lowest BCUT2D eigenvalue weighted by molar-refractivity contribution is 1.01. The maximum Gasteiger partial charge on any atom is 0.283 e. The van der Waals surface area contributed by atoms with E-state index in [0.29, 0.717) is 10.2 Å². The zero-order valence-corrected chi connectivity index (χ0v) is 6.60. The molecule has 0 bridgehead atoms. The highest BCUT2D eigenvalue weighted by atomic mass is 32.1. The van der Waals surface area contributed by atoms with Crippen LogP contribution in [-0.4, -0.2) is 15.2 Å². The van der Waals surface area contributed by atoms with Crippen LogP contribution in [-0.2, 0) is 0 Å². The molecule has 0 aliphatic rings. The summed E-state index contributed by atoms with van der Waals surface area (Å²) in [4.78, 5) is 15.2. The van der Waals surface area contributed by atoms with Gasteiger partial charge in [0.05, 0.1) is 11.2 Å². The molecule has 0 radical (unpaired) electrons. The summed E-state index contributed by atoms with van der Waals surface area (Å²) < 4.78 is 0.650. The van der Waals surface area contributed by atoms with Gasteiger partial charge in [0.15, 0.2) is 0 Å².